The minimum Gasteiger partial charge on any atom is -0.368 e. The van der Waals surface area contributed by atoms with E-state index in [4.69, 9.17) is 0 Å². The molecule has 0 radical (unpaired) electrons. The summed E-state index contributed by atoms with van der Waals surface area (Å²) in [5.41, 5.74) is 4.33. The minimum absolute atomic E-state index is 0.321. The summed E-state index contributed by atoms with van der Waals surface area (Å²) in [6, 6.07) is 3.39. The van der Waals surface area contributed by atoms with Gasteiger partial charge in [-0.2, -0.15) is 5.10 Å². The summed E-state index contributed by atoms with van der Waals surface area (Å²) in [5, 5.41) is 14.7. The molecular formula is C21H29F2N4OPS. The molecular weight excluding hydrogens is 425 g/mol. The Bertz CT molecular complexity index is 792. The van der Waals surface area contributed by atoms with Gasteiger partial charge in [-0.1, -0.05) is 49.2 Å². The van der Waals surface area contributed by atoms with E-state index >= 15 is 0 Å². The van der Waals surface area contributed by atoms with Crippen LogP contribution in [0.3, 0.4) is 0 Å². The van der Waals surface area contributed by atoms with E-state index in [0.29, 0.717) is 23.0 Å². The molecule has 9 heteroatoms. The molecule has 0 bridgehead atoms. The van der Waals surface area contributed by atoms with E-state index in [-0.39, 0.29) is 0 Å². The van der Waals surface area contributed by atoms with Gasteiger partial charge in [-0.05, 0) is 31.0 Å². The highest BCUT2D eigenvalue weighted by Crippen LogP contribution is 2.16. The highest BCUT2D eigenvalue weighted by atomic mass is 32.2. The first kappa shape index (κ1) is 26.0. The van der Waals surface area contributed by atoms with Gasteiger partial charge in [0, 0.05) is 30.8 Å². The molecule has 0 aliphatic carbocycles. The molecule has 30 heavy (non-hydrogen) atoms. The van der Waals surface area contributed by atoms with E-state index in [1.165, 1.54) is 30.1 Å². The molecule has 2 rings (SSSR count). The third-order valence-corrected chi connectivity index (χ3v) is 4.64. The number of halogens is 2. The Morgan fingerprint density at radius 2 is 2.00 bits per heavy atom. The zero-order valence-electron chi connectivity index (χ0n) is 17.4. The number of aliphatic imine (C=N–C) groups is 1. The van der Waals surface area contributed by atoms with Crippen LogP contribution in [0.4, 0.5) is 8.78 Å². The summed E-state index contributed by atoms with van der Waals surface area (Å²) in [6.07, 6.45) is 10.7. The van der Waals surface area contributed by atoms with Crippen molar-refractivity contribution in [2.45, 2.75) is 32.2 Å². The molecule has 2 unspecified atom stereocenters. The van der Waals surface area contributed by atoms with Gasteiger partial charge in [0.25, 0.3) is 0 Å². The van der Waals surface area contributed by atoms with Crippen molar-refractivity contribution in [1.29, 1.82) is 0 Å². The number of nitrogens with one attached hydrogen (secondary N) is 1. The van der Waals surface area contributed by atoms with E-state index in [9.17, 15) is 13.9 Å². The van der Waals surface area contributed by atoms with Crippen molar-refractivity contribution in [2.75, 3.05) is 13.2 Å². The Kier molecular flexibility index (Phi) is 12.9. The summed E-state index contributed by atoms with van der Waals surface area (Å²) < 4.78 is 26.6. The molecule has 1 aliphatic rings. The lowest BCUT2D eigenvalue weighted by Gasteiger charge is -2.21. The third-order valence-electron chi connectivity index (χ3n) is 3.70. The zero-order valence-corrected chi connectivity index (χ0v) is 19.4. The van der Waals surface area contributed by atoms with Crippen LogP contribution >= 0.6 is 21.0 Å². The molecule has 1 aromatic carbocycles. The van der Waals surface area contributed by atoms with E-state index in [1.54, 1.807) is 17.3 Å². The fourth-order valence-corrected chi connectivity index (χ4v) is 2.98. The van der Waals surface area contributed by atoms with Crippen LogP contribution in [0.15, 0.2) is 64.5 Å². The van der Waals surface area contributed by atoms with Crippen molar-refractivity contribution in [1.82, 2.24) is 10.3 Å². The third kappa shape index (κ3) is 10.1. The average Bonchev–Trinajstić information content (AvgIpc) is 2.80. The van der Waals surface area contributed by atoms with Crippen molar-refractivity contribution in [3.8, 4) is 0 Å². The monoisotopic (exact) mass is 454 g/mol. The smallest absolute Gasteiger partial charge is 0.182 e. The van der Waals surface area contributed by atoms with Crippen LogP contribution in [0.1, 0.15) is 25.8 Å². The number of benzene rings is 1. The first-order valence-electron chi connectivity index (χ1n) is 9.44. The molecule has 1 heterocycles. The van der Waals surface area contributed by atoms with Crippen LogP contribution in [-0.4, -0.2) is 40.8 Å². The van der Waals surface area contributed by atoms with Crippen LogP contribution in [-0.2, 0) is 5.75 Å². The number of allylic oxidation sites excluding steroid dienone is 3. The van der Waals surface area contributed by atoms with Gasteiger partial charge in [0.15, 0.2) is 11.4 Å². The van der Waals surface area contributed by atoms with Crippen LogP contribution in [0.2, 0.25) is 0 Å². The maximum Gasteiger partial charge on any atom is 0.182 e. The van der Waals surface area contributed by atoms with Crippen molar-refractivity contribution < 1.29 is 13.9 Å². The Balaban J connectivity index is 0.00000218. The number of nitrogens with zero attached hydrogens (tertiary/aromatic N) is 3. The number of hydrogen-bond acceptors (Lipinski definition) is 6. The van der Waals surface area contributed by atoms with Crippen LogP contribution in [0, 0.1) is 11.6 Å². The topological polar surface area (TPSA) is 60.2 Å². The lowest BCUT2D eigenvalue weighted by atomic mass is 10.2. The molecule has 0 spiro atoms. The molecule has 1 aliphatic heterocycles. The number of hydrazone groups is 1. The maximum absolute atomic E-state index is 13.3. The number of aliphatic hydroxyl groups is 1. The molecule has 0 amide bonds. The Morgan fingerprint density at radius 1 is 1.30 bits per heavy atom. The molecule has 0 saturated heterocycles. The second-order valence-electron chi connectivity index (χ2n) is 6.06. The summed E-state index contributed by atoms with van der Waals surface area (Å²) in [7, 11) is 2.42. The van der Waals surface area contributed by atoms with Crippen LogP contribution in [0.25, 0.3) is 0 Å². The molecule has 0 fully saturated rings. The largest absolute Gasteiger partial charge is 0.368 e. The Labute approximate surface area is 183 Å². The van der Waals surface area contributed by atoms with Crippen molar-refractivity contribution in [3.63, 3.8) is 0 Å². The van der Waals surface area contributed by atoms with Gasteiger partial charge in [0.1, 0.15) is 11.6 Å². The fraction of sp³-hybridized carbons (Fsp3) is 0.333. The average molecular weight is 455 g/mol. The maximum atomic E-state index is 13.3. The second kappa shape index (κ2) is 14.9. The molecule has 2 atom stereocenters. The predicted molar refractivity (Wildman–Crippen MR) is 127 cm³/mol. The van der Waals surface area contributed by atoms with Gasteiger partial charge < -0.3 is 10.0 Å². The molecule has 1 aromatic rings. The number of rotatable bonds is 6. The fourth-order valence-electron chi connectivity index (χ4n) is 2.25. The standard InChI is InChI=1S/C20H24F2N4OS.CH5P/c1-3-4-5-15(2)6-8-26-9-7-23-20(25-24-13-19(26)27)28-14-16-10-17(21)12-18(22)11-16;1-2/h4-7,9-13,19,27H,3,8,14H2,1-2H3,(H,23,25);2H2,1H3/b5-4-,9-7-,15-6-,24-13+;. The number of aliphatic hydroxyl groups excluding tert-OH is 1. The summed E-state index contributed by atoms with van der Waals surface area (Å²) >= 11 is 1.25. The normalized spacial score (nSPS) is 19.0. The molecule has 0 saturated carbocycles. The molecule has 0 aromatic heterocycles. The van der Waals surface area contributed by atoms with Gasteiger partial charge in [-0.15, -0.1) is 9.24 Å². The summed E-state index contributed by atoms with van der Waals surface area (Å²) in [6.45, 7) is 6.47. The van der Waals surface area contributed by atoms with Gasteiger partial charge in [-0.3, -0.25) is 5.43 Å². The van der Waals surface area contributed by atoms with E-state index < -0.39 is 17.9 Å². The first-order valence-corrected chi connectivity index (χ1v) is 11.6. The minimum atomic E-state index is -0.917. The Hall–Kier alpha value is -2.02. The van der Waals surface area contributed by atoms with Crippen LogP contribution < -0.4 is 5.43 Å². The van der Waals surface area contributed by atoms with Crippen molar-refractivity contribution in [3.05, 3.63) is 71.6 Å². The number of thioether (sulfide) groups is 1. The quantitative estimate of drug-likeness (QED) is 0.486. The molecule has 5 nitrogen and oxygen atoms in total. The van der Waals surface area contributed by atoms with Gasteiger partial charge in [0.05, 0.1) is 6.21 Å². The van der Waals surface area contributed by atoms with E-state index in [1.807, 2.05) is 25.7 Å². The lowest BCUT2D eigenvalue weighted by Crippen LogP contribution is -2.32. The lowest BCUT2D eigenvalue weighted by molar-refractivity contribution is 0.110. The van der Waals surface area contributed by atoms with E-state index in [0.717, 1.165) is 18.1 Å². The van der Waals surface area contributed by atoms with Crippen molar-refractivity contribution in [2.24, 2.45) is 10.1 Å². The van der Waals surface area contributed by atoms with Crippen molar-refractivity contribution >= 4 is 32.4 Å². The number of amidine groups is 1. The van der Waals surface area contributed by atoms with E-state index in [2.05, 4.69) is 37.8 Å². The highest BCUT2D eigenvalue weighted by molar-refractivity contribution is 8.13. The SMILES string of the molecule is CC/C=C\C(C)=C/CN1/C=C\N=C(SCc2cc(F)cc(F)c2)N/N=C/C1O.CP. The predicted octanol–water partition coefficient (Wildman–Crippen LogP) is 4.64. The summed E-state index contributed by atoms with van der Waals surface area (Å²) in [4.78, 5) is 5.94. The highest BCUT2D eigenvalue weighted by Gasteiger charge is 2.10. The zero-order chi connectivity index (χ0) is 22.4. The summed E-state index contributed by atoms with van der Waals surface area (Å²) in [5.74, 6) is -0.912. The van der Waals surface area contributed by atoms with Gasteiger partial charge >= 0.3 is 0 Å². The molecule has 2 N–H and O–H groups in total. The van der Waals surface area contributed by atoms with Gasteiger partial charge in [0.2, 0.25) is 0 Å². The first-order chi connectivity index (χ1) is 14.5. The molecule has 164 valence electrons. The van der Waals surface area contributed by atoms with Crippen LogP contribution in [0.5, 0.6) is 0 Å². The van der Waals surface area contributed by atoms with Gasteiger partial charge in [-0.25, -0.2) is 13.8 Å². The number of hydrogen-bond donors (Lipinski definition) is 2. The second-order valence-corrected chi connectivity index (χ2v) is 7.02. The Morgan fingerprint density at radius 3 is 2.67 bits per heavy atom.